The summed E-state index contributed by atoms with van der Waals surface area (Å²) in [7, 11) is 0. The number of aryl methyl sites for hydroxylation is 1. The molecule has 1 aromatic carbocycles. The van der Waals surface area contributed by atoms with Gasteiger partial charge in [0.25, 0.3) is 5.91 Å². The van der Waals surface area contributed by atoms with Crippen molar-refractivity contribution in [3.63, 3.8) is 0 Å². The van der Waals surface area contributed by atoms with E-state index in [4.69, 9.17) is 16.3 Å². The van der Waals surface area contributed by atoms with Crippen LogP contribution in [0.3, 0.4) is 0 Å². The van der Waals surface area contributed by atoms with Crippen LogP contribution < -0.4 is 9.64 Å². The summed E-state index contributed by atoms with van der Waals surface area (Å²) in [6.07, 6.45) is 2.08. The number of carbonyl (C=O) groups is 1. The molecule has 1 aliphatic heterocycles. The maximum atomic E-state index is 13.2. The molecule has 1 amide bonds. The van der Waals surface area contributed by atoms with Gasteiger partial charge in [0, 0.05) is 12.6 Å². The van der Waals surface area contributed by atoms with Crippen LogP contribution in [0, 0.1) is 0 Å². The van der Waals surface area contributed by atoms with Crippen LogP contribution >= 0.6 is 11.6 Å². The lowest BCUT2D eigenvalue weighted by atomic mass is 10.2. The second-order valence-corrected chi connectivity index (χ2v) is 6.65. The number of benzene rings is 1. The number of rotatable bonds is 3. The molecule has 0 radical (unpaired) electrons. The monoisotopic (exact) mass is 383 g/mol. The van der Waals surface area contributed by atoms with E-state index in [9.17, 15) is 4.79 Å². The van der Waals surface area contributed by atoms with Crippen LogP contribution in [0.2, 0.25) is 5.02 Å². The SMILES string of the molecule is CCc1nc(C(=O)N2C[C@@H](C)Oc3ncccc32)nn1-c1ccccc1Cl. The van der Waals surface area contributed by atoms with Crippen molar-refractivity contribution in [2.75, 3.05) is 11.4 Å². The average molecular weight is 384 g/mol. The molecule has 0 bridgehead atoms. The zero-order valence-electron chi connectivity index (χ0n) is 15.0. The maximum Gasteiger partial charge on any atom is 0.298 e. The zero-order valence-corrected chi connectivity index (χ0v) is 15.7. The molecule has 3 heterocycles. The summed E-state index contributed by atoms with van der Waals surface area (Å²) in [5.41, 5.74) is 1.31. The van der Waals surface area contributed by atoms with Gasteiger partial charge in [-0.2, -0.15) is 0 Å². The van der Waals surface area contributed by atoms with E-state index in [-0.39, 0.29) is 17.8 Å². The molecular formula is C19H18ClN5O2. The molecule has 0 fully saturated rings. The van der Waals surface area contributed by atoms with Gasteiger partial charge in [0.1, 0.15) is 17.6 Å². The molecule has 2 aromatic heterocycles. The lowest BCUT2D eigenvalue weighted by Crippen LogP contribution is -2.43. The van der Waals surface area contributed by atoms with Crippen LogP contribution in [0.25, 0.3) is 5.69 Å². The Labute approximate surface area is 161 Å². The largest absolute Gasteiger partial charge is 0.471 e. The molecular weight excluding hydrogens is 366 g/mol. The maximum absolute atomic E-state index is 13.2. The third kappa shape index (κ3) is 3.14. The molecule has 0 saturated carbocycles. The molecule has 0 saturated heterocycles. The fraction of sp³-hybridized carbons (Fsp3) is 0.263. The van der Waals surface area contributed by atoms with Gasteiger partial charge in [-0.15, -0.1) is 5.10 Å². The van der Waals surface area contributed by atoms with Gasteiger partial charge >= 0.3 is 0 Å². The number of amides is 1. The summed E-state index contributed by atoms with van der Waals surface area (Å²) in [4.78, 5) is 23.5. The van der Waals surface area contributed by atoms with E-state index in [0.29, 0.717) is 41.1 Å². The zero-order chi connectivity index (χ0) is 19.0. The van der Waals surface area contributed by atoms with Crippen molar-refractivity contribution in [3.05, 3.63) is 59.3 Å². The Balaban J connectivity index is 1.75. The molecule has 138 valence electrons. The fourth-order valence-electron chi connectivity index (χ4n) is 3.06. The van der Waals surface area contributed by atoms with Gasteiger partial charge in [-0.05, 0) is 31.2 Å². The van der Waals surface area contributed by atoms with Gasteiger partial charge in [0.2, 0.25) is 11.7 Å². The van der Waals surface area contributed by atoms with Crippen molar-refractivity contribution in [3.8, 4) is 11.6 Å². The van der Waals surface area contributed by atoms with Crippen LogP contribution in [0.5, 0.6) is 5.88 Å². The molecule has 0 N–H and O–H groups in total. The second-order valence-electron chi connectivity index (χ2n) is 6.24. The third-order valence-electron chi connectivity index (χ3n) is 4.30. The molecule has 0 aliphatic carbocycles. The van der Waals surface area contributed by atoms with Gasteiger partial charge in [0.05, 0.1) is 17.3 Å². The minimum Gasteiger partial charge on any atom is -0.471 e. The Bertz CT molecular complexity index is 1000. The Morgan fingerprint density at radius 1 is 1.26 bits per heavy atom. The fourth-order valence-corrected chi connectivity index (χ4v) is 3.27. The summed E-state index contributed by atoms with van der Waals surface area (Å²) in [6, 6.07) is 10.9. The number of aromatic nitrogens is 4. The Morgan fingerprint density at radius 3 is 2.81 bits per heavy atom. The van der Waals surface area contributed by atoms with Gasteiger partial charge < -0.3 is 4.74 Å². The van der Waals surface area contributed by atoms with Crippen LogP contribution in [0.1, 0.15) is 30.3 Å². The predicted octanol–water partition coefficient (Wildman–Crippen LogP) is 3.31. The smallest absolute Gasteiger partial charge is 0.298 e. The Hall–Kier alpha value is -2.93. The molecule has 8 heteroatoms. The lowest BCUT2D eigenvalue weighted by molar-refractivity contribution is 0.0948. The molecule has 0 unspecified atom stereocenters. The van der Waals surface area contributed by atoms with Crippen LogP contribution in [-0.4, -0.2) is 38.3 Å². The number of anilines is 1. The highest BCUT2D eigenvalue weighted by Gasteiger charge is 2.31. The highest BCUT2D eigenvalue weighted by molar-refractivity contribution is 6.32. The number of hydrogen-bond donors (Lipinski definition) is 0. The van der Waals surface area contributed by atoms with Crippen molar-refractivity contribution < 1.29 is 9.53 Å². The molecule has 27 heavy (non-hydrogen) atoms. The Kier molecular flexibility index (Phi) is 4.53. The lowest BCUT2D eigenvalue weighted by Gasteiger charge is -2.31. The number of nitrogens with zero attached hydrogens (tertiary/aromatic N) is 5. The first-order chi connectivity index (χ1) is 13.1. The summed E-state index contributed by atoms with van der Waals surface area (Å²) < 4.78 is 7.34. The minimum atomic E-state index is -0.292. The molecule has 4 rings (SSSR count). The Morgan fingerprint density at radius 2 is 2.04 bits per heavy atom. The van der Waals surface area contributed by atoms with E-state index < -0.39 is 0 Å². The first-order valence-corrected chi connectivity index (χ1v) is 9.10. The highest BCUT2D eigenvalue weighted by Crippen LogP contribution is 2.31. The van der Waals surface area contributed by atoms with E-state index in [1.54, 1.807) is 34.0 Å². The average Bonchev–Trinajstić information content (AvgIpc) is 3.11. The molecule has 1 aliphatic rings. The minimum absolute atomic E-state index is 0.121. The first-order valence-electron chi connectivity index (χ1n) is 8.73. The number of ether oxygens (including phenoxy) is 1. The van der Waals surface area contributed by atoms with Gasteiger partial charge in [-0.1, -0.05) is 30.7 Å². The van der Waals surface area contributed by atoms with Crippen molar-refractivity contribution in [2.45, 2.75) is 26.4 Å². The molecule has 7 nitrogen and oxygen atoms in total. The van der Waals surface area contributed by atoms with Crippen molar-refractivity contribution in [2.24, 2.45) is 0 Å². The second kappa shape index (κ2) is 7.00. The number of pyridine rings is 1. The molecule has 3 aromatic rings. The standard InChI is InChI=1S/C19H18ClN5O2/c1-3-16-22-17(23-25(16)14-8-5-4-7-13(14)20)19(26)24-11-12(2)27-18-15(24)9-6-10-21-18/h4-10,12H,3,11H2,1-2H3/t12-/m1/s1. The molecule has 1 atom stereocenters. The van der Waals surface area contributed by atoms with E-state index in [1.165, 1.54) is 0 Å². The first kappa shape index (κ1) is 17.5. The summed E-state index contributed by atoms with van der Waals surface area (Å²) >= 11 is 6.30. The van der Waals surface area contributed by atoms with Gasteiger partial charge in [-0.3, -0.25) is 9.69 Å². The van der Waals surface area contributed by atoms with E-state index >= 15 is 0 Å². The quantitative estimate of drug-likeness (QED) is 0.693. The number of hydrogen-bond acceptors (Lipinski definition) is 5. The number of para-hydroxylation sites is 1. The number of carbonyl (C=O) groups excluding carboxylic acids is 1. The van der Waals surface area contributed by atoms with Gasteiger partial charge in [0.15, 0.2) is 0 Å². The van der Waals surface area contributed by atoms with E-state index in [1.807, 2.05) is 32.0 Å². The van der Waals surface area contributed by atoms with Gasteiger partial charge in [-0.25, -0.2) is 14.6 Å². The topological polar surface area (TPSA) is 73.1 Å². The predicted molar refractivity (Wildman–Crippen MR) is 102 cm³/mol. The van der Waals surface area contributed by atoms with Crippen molar-refractivity contribution >= 4 is 23.2 Å². The van der Waals surface area contributed by atoms with Crippen molar-refractivity contribution in [1.82, 2.24) is 19.7 Å². The van der Waals surface area contributed by atoms with E-state index in [2.05, 4.69) is 15.1 Å². The summed E-state index contributed by atoms with van der Waals surface area (Å²) in [5, 5.41) is 5.00. The van der Waals surface area contributed by atoms with Crippen LogP contribution in [0.15, 0.2) is 42.6 Å². The molecule has 0 spiro atoms. The normalized spacial score (nSPS) is 16.0. The number of fused-ring (bicyclic) bond motifs is 1. The highest BCUT2D eigenvalue weighted by atomic mass is 35.5. The van der Waals surface area contributed by atoms with E-state index in [0.717, 1.165) is 0 Å². The summed E-state index contributed by atoms with van der Waals surface area (Å²) in [6.45, 7) is 4.26. The van der Waals surface area contributed by atoms with Crippen molar-refractivity contribution in [1.29, 1.82) is 0 Å². The third-order valence-corrected chi connectivity index (χ3v) is 4.62. The van der Waals surface area contributed by atoms with Crippen LogP contribution in [0.4, 0.5) is 5.69 Å². The summed E-state index contributed by atoms with van der Waals surface area (Å²) in [5.74, 6) is 0.931. The number of halogens is 1. The van der Waals surface area contributed by atoms with Crippen LogP contribution in [-0.2, 0) is 6.42 Å².